The van der Waals surface area contributed by atoms with Crippen molar-refractivity contribution in [2.45, 2.75) is 13.3 Å². The number of nitrogen functional groups attached to an aromatic ring is 1. The molecular weight excluding hydrogens is 312 g/mol. The Balaban J connectivity index is 2.16. The molecule has 0 aliphatic carbocycles. The largest absolute Gasteiger partial charge is 0.397 e. The van der Waals surface area contributed by atoms with Crippen molar-refractivity contribution in [1.82, 2.24) is 0 Å². The molecule has 1 aromatic heterocycles. The molecule has 0 radical (unpaired) electrons. The van der Waals surface area contributed by atoms with Crippen molar-refractivity contribution in [2.24, 2.45) is 0 Å². The van der Waals surface area contributed by atoms with Crippen LogP contribution in [0.2, 0.25) is 0 Å². The third-order valence-corrected chi connectivity index (χ3v) is 4.22. The summed E-state index contributed by atoms with van der Waals surface area (Å²) in [4.78, 5) is 13.9. The first-order valence-electron chi connectivity index (χ1n) is 5.55. The van der Waals surface area contributed by atoms with Gasteiger partial charge in [-0.05, 0) is 36.8 Å². The Kier molecular flexibility index (Phi) is 4.04. The van der Waals surface area contributed by atoms with Crippen LogP contribution in [-0.4, -0.2) is 5.91 Å². The molecule has 0 saturated heterocycles. The third kappa shape index (κ3) is 2.91. The lowest BCUT2D eigenvalue weighted by Gasteiger charge is -2.07. The number of nitrogens with one attached hydrogen (secondary N) is 1. The normalized spacial score (nSPS) is 10.3. The van der Waals surface area contributed by atoms with Crippen molar-refractivity contribution >= 4 is 44.5 Å². The zero-order chi connectivity index (χ0) is 13.1. The van der Waals surface area contributed by atoms with Crippen molar-refractivity contribution in [1.29, 1.82) is 0 Å². The SMILES string of the molecule is CCc1ccc(C(=O)Nc2ccc(Br)cc2N)s1. The highest BCUT2D eigenvalue weighted by Crippen LogP contribution is 2.24. The van der Waals surface area contributed by atoms with Crippen LogP contribution < -0.4 is 11.1 Å². The molecule has 0 saturated carbocycles. The second-order valence-corrected chi connectivity index (χ2v) is 5.89. The number of carbonyl (C=O) groups is 1. The lowest BCUT2D eigenvalue weighted by atomic mass is 10.2. The van der Waals surface area contributed by atoms with Crippen molar-refractivity contribution in [3.63, 3.8) is 0 Å². The van der Waals surface area contributed by atoms with E-state index in [1.54, 1.807) is 12.1 Å². The Hall–Kier alpha value is -1.33. The Morgan fingerprint density at radius 3 is 2.78 bits per heavy atom. The summed E-state index contributed by atoms with van der Waals surface area (Å²) in [5.74, 6) is -0.117. The zero-order valence-electron chi connectivity index (χ0n) is 9.87. The van der Waals surface area contributed by atoms with Crippen LogP contribution in [0.15, 0.2) is 34.8 Å². The number of benzene rings is 1. The predicted molar refractivity (Wildman–Crippen MR) is 80.2 cm³/mol. The smallest absolute Gasteiger partial charge is 0.265 e. The van der Waals surface area contributed by atoms with Crippen LogP contribution in [0.3, 0.4) is 0 Å². The lowest BCUT2D eigenvalue weighted by molar-refractivity contribution is 0.103. The summed E-state index contributed by atoms with van der Waals surface area (Å²) < 4.78 is 0.891. The number of rotatable bonds is 3. The predicted octanol–water partition coefficient (Wildman–Crippen LogP) is 3.91. The Bertz CT molecular complexity index is 580. The van der Waals surface area contributed by atoms with Gasteiger partial charge in [0, 0.05) is 9.35 Å². The van der Waals surface area contributed by atoms with E-state index in [4.69, 9.17) is 5.73 Å². The fraction of sp³-hybridized carbons (Fsp3) is 0.154. The molecule has 5 heteroatoms. The van der Waals surface area contributed by atoms with Gasteiger partial charge < -0.3 is 11.1 Å². The maximum Gasteiger partial charge on any atom is 0.265 e. The van der Waals surface area contributed by atoms with Gasteiger partial charge in [-0.25, -0.2) is 0 Å². The molecule has 0 atom stereocenters. The summed E-state index contributed by atoms with van der Waals surface area (Å²) in [6, 6.07) is 9.21. The highest BCUT2D eigenvalue weighted by molar-refractivity contribution is 9.10. The number of anilines is 2. The first kappa shape index (κ1) is 13.1. The Morgan fingerprint density at radius 1 is 1.39 bits per heavy atom. The molecule has 2 aromatic rings. The van der Waals surface area contributed by atoms with Gasteiger partial charge in [0.2, 0.25) is 0 Å². The number of amides is 1. The molecule has 3 nitrogen and oxygen atoms in total. The minimum atomic E-state index is -0.117. The first-order chi connectivity index (χ1) is 8.60. The molecule has 0 bridgehead atoms. The number of nitrogens with two attached hydrogens (primary N) is 1. The minimum Gasteiger partial charge on any atom is -0.397 e. The highest BCUT2D eigenvalue weighted by atomic mass is 79.9. The van der Waals surface area contributed by atoms with E-state index >= 15 is 0 Å². The zero-order valence-corrected chi connectivity index (χ0v) is 12.3. The quantitative estimate of drug-likeness (QED) is 0.841. The molecule has 1 heterocycles. The molecule has 0 aliphatic rings. The molecule has 0 fully saturated rings. The van der Waals surface area contributed by atoms with Gasteiger partial charge in [-0.2, -0.15) is 0 Å². The Labute approximate surface area is 118 Å². The van der Waals surface area contributed by atoms with Crippen molar-refractivity contribution in [2.75, 3.05) is 11.1 Å². The average Bonchev–Trinajstić information content (AvgIpc) is 2.81. The van der Waals surface area contributed by atoms with Crippen LogP contribution in [0.25, 0.3) is 0 Å². The molecular formula is C13H13BrN2OS. The van der Waals surface area contributed by atoms with Crippen molar-refractivity contribution in [3.8, 4) is 0 Å². The van der Waals surface area contributed by atoms with Gasteiger partial charge in [0.1, 0.15) is 0 Å². The van der Waals surface area contributed by atoms with E-state index in [0.717, 1.165) is 10.9 Å². The fourth-order valence-corrected chi connectivity index (χ4v) is 2.74. The highest BCUT2D eigenvalue weighted by Gasteiger charge is 2.10. The molecule has 1 amide bonds. The topological polar surface area (TPSA) is 55.1 Å². The van der Waals surface area contributed by atoms with Crippen molar-refractivity contribution in [3.05, 3.63) is 44.6 Å². The van der Waals surface area contributed by atoms with Gasteiger partial charge in [-0.15, -0.1) is 11.3 Å². The fourth-order valence-electron chi connectivity index (χ4n) is 1.52. The van der Waals surface area contributed by atoms with E-state index in [1.807, 2.05) is 18.2 Å². The van der Waals surface area contributed by atoms with Crippen LogP contribution in [-0.2, 0) is 6.42 Å². The van der Waals surface area contributed by atoms with Gasteiger partial charge >= 0.3 is 0 Å². The van der Waals surface area contributed by atoms with Gasteiger partial charge in [0.15, 0.2) is 0 Å². The molecule has 3 N–H and O–H groups in total. The maximum atomic E-state index is 12.0. The molecule has 0 aliphatic heterocycles. The number of halogens is 1. The molecule has 2 rings (SSSR count). The number of carbonyl (C=O) groups excluding carboxylic acids is 1. The number of hydrogen-bond donors (Lipinski definition) is 2. The summed E-state index contributed by atoms with van der Waals surface area (Å²) in [6.07, 6.45) is 0.943. The molecule has 0 spiro atoms. The van der Waals surface area contributed by atoms with E-state index in [2.05, 4.69) is 28.2 Å². The number of hydrogen-bond acceptors (Lipinski definition) is 3. The average molecular weight is 325 g/mol. The van der Waals surface area contributed by atoms with Crippen LogP contribution in [0, 0.1) is 0 Å². The summed E-state index contributed by atoms with van der Waals surface area (Å²) in [5, 5.41) is 2.82. The van der Waals surface area contributed by atoms with Crippen molar-refractivity contribution < 1.29 is 4.79 Å². The lowest BCUT2D eigenvalue weighted by Crippen LogP contribution is -2.11. The standard InChI is InChI=1S/C13H13BrN2OS/c1-2-9-4-6-12(18-9)13(17)16-11-5-3-8(14)7-10(11)15/h3-7H,2,15H2,1H3,(H,16,17). The second-order valence-electron chi connectivity index (χ2n) is 3.81. The van der Waals surface area contributed by atoms with Gasteiger partial charge in [-0.3, -0.25) is 4.79 Å². The summed E-state index contributed by atoms with van der Waals surface area (Å²) in [7, 11) is 0. The summed E-state index contributed by atoms with van der Waals surface area (Å²) in [6.45, 7) is 2.07. The van der Waals surface area contributed by atoms with E-state index < -0.39 is 0 Å². The molecule has 0 unspecified atom stereocenters. The monoisotopic (exact) mass is 324 g/mol. The van der Waals surface area contributed by atoms with Crippen LogP contribution >= 0.6 is 27.3 Å². The Morgan fingerprint density at radius 2 is 2.17 bits per heavy atom. The van der Waals surface area contributed by atoms with Gasteiger partial charge in [-0.1, -0.05) is 22.9 Å². The van der Waals surface area contributed by atoms with Gasteiger partial charge in [0.05, 0.1) is 16.3 Å². The first-order valence-corrected chi connectivity index (χ1v) is 7.16. The van der Waals surface area contributed by atoms with Crippen LogP contribution in [0.5, 0.6) is 0 Å². The van der Waals surface area contributed by atoms with E-state index in [9.17, 15) is 4.79 Å². The minimum absolute atomic E-state index is 0.117. The summed E-state index contributed by atoms with van der Waals surface area (Å²) >= 11 is 4.84. The second kappa shape index (κ2) is 5.54. The van der Waals surface area contributed by atoms with Gasteiger partial charge in [0.25, 0.3) is 5.91 Å². The molecule has 94 valence electrons. The van der Waals surface area contributed by atoms with E-state index in [1.165, 1.54) is 16.2 Å². The third-order valence-electron chi connectivity index (χ3n) is 2.50. The van der Waals surface area contributed by atoms with Crippen LogP contribution in [0.1, 0.15) is 21.5 Å². The summed E-state index contributed by atoms with van der Waals surface area (Å²) in [5.41, 5.74) is 7.02. The molecule has 1 aromatic carbocycles. The van der Waals surface area contributed by atoms with E-state index in [0.29, 0.717) is 16.3 Å². The molecule has 18 heavy (non-hydrogen) atoms. The number of thiophene rings is 1. The van der Waals surface area contributed by atoms with E-state index in [-0.39, 0.29) is 5.91 Å². The number of aryl methyl sites for hydroxylation is 1. The maximum absolute atomic E-state index is 12.0. The van der Waals surface area contributed by atoms with Crippen LogP contribution in [0.4, 0.5) is 11.4 Å².